The quantitative estimate of drug-likeness (QED) is 0.619. The highest BCUT2D eigenvalue weighted by molar-refractivity contribution is 5.98. The molecule has 0 aliphatic carbocycles. The maximum absolute atomic E-state index is 12.2. The molecule has 0 bridgehead atoms. The normalized spacial score (nSPS) is 13.1. The Kier molecular flexibility index (Phi) is 2.93. The Morgan fingerprint density at radius 1 is 1.14 bits per heavy atom. The van der Waals surface area contributed by atoms with Crippen molar-refractivity contribution in [1.82, 2.24) is 0 Å². The minimum absolute atomic E-state index is 0.634. The van der Waals surface area contributed by atoms with Gasteiger partial charge >= 0.3 is 6.18 Å². The molecule has 0 aliphatic heterocycles. The van der Waals surface area contributed by atoms with E-state index >= 15 is 0 Å². The lowest BCUT2D eigenvalue weighted by atomic mass is 10.1. The molecule has 0 N–H and O–H groups in total. The van der Waals surface area contributed by atoms with Crippen LogP contribution in [0.5, 0.6) is 0 Å². The Bertz CT molecular complexity index is 335. The van der Waals surface area contributed by atoms with E-state index in [9.17, 15) is 13.2 Å². The molecule has 1 nitrogen and oxygen atoms in total. The second kappa shape index (κ2) is 3.82. The van der Waals surface area contributed by atoms with Gasteiger partial charge in [-0.25, -0.2) is 0 Å². The number of aliphatic imine (C=N–C) groups is 1. The van der Waals surface area contributed by atoms with Crippen molar-refractivity contribution in [3.63, 3.8) is 0 Å². The highest BCUT2D eigenvalue weighted by Crippen LogP contribution is 2.29. The van der Waals surface area contributed by atoms with Crippen molar-refractivity contribution >= 4 is 5.71 Å². The minimum Gasteiger partial charge on any atom is -0.293 e. The van der Waals surface area contributed by atoms with Gasteiger partial charge in [0, 0.05) is 12.8 Å². The highest BCUT2D eigenvalue weighted by atomic mass is 19.4. The molecule has 1 rings (SSSR count). The van der Waals surface area contributed by atoms with E-state index < -0.39 is 11.7 Å². The lowest BCUT2D eigenvalue weighted by Gasteiger charge is -2.07. The average molecular weight is 201 g/mol. The van der Waals surface area contributed by atoms with Crippen LogP contribution in [0.4, 0.5) is 13.2 Å². The fourth-order valence-electron chi connectivity index (χ4n) is 1.03. The van der Waals surface area contributed by atoms with Crippen LogP contribution >= 0.6 is 0 Å². The summed E-state index contributed by atoms with van der Waals surface area (Å²) >= 11 is 0. The van der Waals surface area contributed by atoms with Gasteiger partial charge in [-0.1, -0.05) is 12.1 Å². The molecule has 0 spiro atoms. The summed E-state index contributed by atoms with van der Waals surface area (Å²) in [5.74, 6) is 0. The van der Waals surface area contributed by atoms with E-state index in [0.717, 1.165) is 17.8 Å². The van der Waals surface area contributed by atoms with Crippen LogP contribution in [-0.2, 0) is 6.18 Å². The Hall–Kier alpha value is -1.32. The van der Waals surface area contributed by atoms with Crippen molar-refractivity contribution < 1.29 is 13.2 Å². The van der Waals surface area contributed by atoms with Gasteiger partial charge in [0.2, 0.25) is 0 Å². The molecule has 14 heavy (non-hydrogen) atoms. The van der Waals surface area contributed by atoms with Gasteiger partial charge in [-0.3, -0.25) is 4.99 Å². The summed E-state index contributed by atoms with van der Waals surface area (Å²) in [6.45, 7) is 1.75. The van der Waals surface area contributed by atoms with Gasteiger partial charge in [-0.2, -0.15) is 13.2 Å². The van der Waals surface area contributed by atoms with Gasteiger partial charge in [-0.05, 0) is 24.6 Å². The van der Waals surface area contributed by atoms with Gasteiger partial charge in [-0.15, -0.1) is 0 Å². The zero-order valence-corrected chi connectivity index (χ0v) is 7.89. The standard InChI is InChI=1S/C10H10F3N/c1-7(14-2)8-3-5-9(6-4-8)10(11,12)13/h3-6H,1-2H3. The summed E-state index contributed by atoms with van der Waals surface area (Å²) in [4.78, 5) is 3.89. The van der Waals surface area contributed by atoms with Gasteiger partial charge in [0.15, 0.2) is 0 Å². The number of alkyl halides is 3. The third-order valence-corrected chi connectivity index (χ3v) is 1.97. The van der Waals surface area contributed by atoms with E-state index in [4.69, 9.17) is 0 Å². The fourth-order valence-corrected chi connectivity index (χ4v) is 1.03. The first-order valence-electron chi connectivity index (χ1n) is 4.06. The Balaban J connectivity index is 3.01. The smallest absolute Gasteiger partial charge is 0.293 e. The second-order valence-corrected chi connectivity index (χ2v) is 2.88. The van der Waals surface area contributed by atoms with Gasteiger partial charge in [0.05, 0.1) is 5.56 Å². The molecule has 0 amide bonds. The fraction of sp³-hybridized carbons (Fsp3) is 0.300. The Labute approximate surface area is 80.3 Å². The summed E-state index contributed by atoms with van der Waals surface area (Å²) in [6, 6.07) is 4.96. The molecule has 0 unspecified atom stereocenters. The van der Waals surface area contributed by atoms with E-state index in [-0.39, 0.29) is 0 Å². The first-order valence-corrected chi connectivity index (χ1v) is 4.06. The van der Waals surface area contributed by atoms with Crippen molar-refractivity contribution in [2.24, 2.45) is 4.99 Å². The predicted octanol–water partition coefficient (Wildman–Crippen LogP) is 3.14. The molecule has 0 heterocycles. The zero-order valence-electron chi connectivity index (χ0n) is 7.89. The van der Waals surface area contributed by atoms with Crippen LogP contribution in [0.3, 0.4) is 0 Å². The minimum atomic E-state index is -4.27. The van der Waals surface area contributed by atoms with E-state index in [1.54, 1.807) is 14.0 Å². The van der Waals surface area contributed by atoms with Gasteiger partial charge in [0.1, 0.15) is 0 Å². The molecule has 76 valence electrons. The van der Waals surface area contributed by atoms with Crippen LogP contribution in [0.2, 0.25) is 0 Å². The SMILES string of the molecule is CN=C(C)c1ccc(C(F)(F)F)cc1. The van der Waals surface area contributed by atoms with Crippen LogP contribution < -0.4 is 0 Å². The van der Waals surface area contributed by atoms with Crippen LogP contribution in [0.1, 0.15) is 18.1 Å². The highest BCUT2D eigenvalue weighted by Gasteiger charge is 2.29. The van der Waals surface area contributed by atoms with Crippen molar-refractivity contribution in [1.29, 1.82) is 0 Å². The largest absolute Gasteiger partial charge is 0.416 e. The molecule has 0 aliphatic rings. The molecule has 4 heteroatoms. The van der Waals surface area contributed by atoms with Crippen molar-refractivity contribution in [3.05, 3.63) is 35.4 Å². The Morgan fingerprint density at radius 3 is 2.00 bits per heavy atom. The molecule has 0 fully saturated rings. The summed E-state index contributed by atoms with van der Waals surface area (Å²) in [5, 5.41) is 0. The van der Waals surface area contributed by atoms with Crippen LogP contribution in [0.15, 0.2) is 29.3 Å². The molecule has 0 radical (unpaired) electrons. The number of nitrogens with zero attached hydrogens (tertiary/aromatic N) is 1. The molecule has 1 aromatic carbocycles. The topological polar surface area (TPSA) is 12.4 Å². The maximum atomic E-state index is 12.2. The average Bonchev–Trinajstić information content (AvgIpc) is 2.15. The molecule has 0 saturated heterocycles. The first kappa shape index (κ1) is 10.8. The van der Waals surface area contributed by atoms with E-state index in [2.05, 4.69) is 4.99 Å². The number of rotatable bonds is 1. The summed E-state index contributed by atoms with van der Waals surface area (Å²) in [7, 11) is 1.60. The van der Waals surface area contributed by atoms with E-state index in [0.29, 0.717) is 5.56 Å². The van der Waals surface area contributed by atoms with Crippen molar-refractivity contribution in [2.75, 3.05) is 7.05 Å². The molecular formula is C10H10F3N. The lowest BCUT2D eigenvalue weighted by Crippen LogP contribution is -2.05. The lowest BCUT2D eigenvalue weighted by molar-refractivity contribution is -0.137. The molecule has 0 aromatic heterocycles. The molecule has 0 saturated carbocycles. The first-order chi connectivity index (χ1) is 6.45. The number of halogens is 3. The maximum Gasteiger partial charge on any atom is 0.416 e. The van der Waals surface area contributed by atoms with Crippen molar-refractivity contribution in [2.45, 2.75) is 13.1 Å². The van der Waals surface area contributed by atoms with Crippen LogP contribution in [-0.4, -0.2) is 12.8 Å². The second-order valence-electron chi connectivity index (χ2n) is 2.88. The van der Waals surface area contributed by atoms with Gasteiger partial charge in [0.25, 0.3) is 0 Å². The van der Waals surface area contributed by atoms with Crippen LogP contribution in [0.25, 0.3) is 0 Å². The summed E-state index contributed by atoms with van der Waals surface area (Å²) in [6.07, 6.45) is -4.27. The van der Waals surface area contributed by atoms with Crippen molar-refractivity contribution in [3.8, 4) is 0 Å². The Morgan fingerprint density at radius 2 is 1.64 bits per heavy atom. The van der Waals surface area contributed by atoms with E-state index in [1.165, 1.54) is 12.1 Å². The third-order valence-electron chi connectivity index (χ3n) is 1.97. The van der Waals surface area contributed by atoms with E-state index in [1.807, 2.05) is 0 Å². The molecule has 1 aromatic rings. The number of benzene rings is 1. The summed E-state index contributed by atoms with van der Waals surface area (Å²) in [5.41, 5.74) is 0.796. The third kappa shape index (κ3) is 2.34. The number of hydrogen-bond acceptors (Lipinski definition) is 1. The number of hydrogen-bond donors (Lipinski definition) is 0. The molecular weight excluding hydrogens is 191 g/mol. The summed E-state index contributed by atoms with van der Waals surface area (Å²) < 4.78 is 36.5. The van der Waals surface area contributed by atoms with Gasteiger partial charge < -0.3 is 0 Å². The monoisotopic (exact) mass is 201 g/mol. The molecule has 0 atom stereocenters. The van der Waals surface area contributed by atoms with Crippen LogP contribution in [0, 0.1) is 0 Å². The predicted molar refractivity (Wildman–Crippen MR) is 49.6 cm³/mol. The zero-order chi connectivity index (χ0) is 10.8.